The number of hydrogen-bond donors (Lipinski definition) is 1. The Hall–Kier alpha value is -1.45. The van der Waals surface area contributed by atoms with Crippen molar-refractivity contribution in [1.82, 2.24) is 15.2 Å². The molecule has 96 valence electrons. The number of nitrogens with one attached hydrogen (secondary N) is 1. The third-order valence-corrected chi connectivity index (χ3v) is 3.09. The lowest BCUT2D eigenvalue weighted by molar-refractivity contribution is 0.328. The molecule has 0 saturated carbocycles. The van der Waals surface area contributed by atoms with E-state index >= 15 is 0 Å². The average molecular weight is 243 g/mol. The lowest BCUT2D eigenvalue weighted by Gasteiger charge is -2.16. The summed E-state index contributed by atoms with van der Waals surface area (Å²) < 4.78 is 0. The van der Waals surface area contributed by atoms with Crippen LogP contribution in [-0.4, -0.2) is 37.1 Å². The Morgan fingerprint density at radius 1 is 1.22 bits per heavy atom. The SMILES string of the molecule is CNCCN(C)Cc1ccc2nc(C)ccc2c1. The van der Waals surface area contributed by atoms with E-state index in [1.54, 1.807) is 0 Å². The Balaban J connectivity index is 2.12. The van der Waals surface area contributed by atoms with Crippen LogP contribution >= 0.6 is 0 Å². The first-order valence-electron chi connectivity index (χ1n) is 6.38. The molecule has 0 aliphatic rings. The average Bonchev–Trinajstić information content (AvgIpc) is 2.36. The second-order valence-electron chi connectivity index (χ2n) is 4.82. The Morgan fingerprint density at radius 3 is 2.83 bits per heavy atom. The van der Waals surface area contributed by atoms with E-state index in [0.29, 0.717) is 0 Å². The Morgan fingerprint density at radius 2 is 2.06 bits per heavy atom. The van der Waals surface area contributed by atoms with Crippen LogP contribution in [0.5, 0.6) is 0 Å². The molecule has 0 atom stereocenters. The fourth-order valence-electron chi connectivity index (χ4n) is 2.07. The molecule has 3 heteroatoms. The molecule has 0 aliphatic carbocycles. The number of hydrogen-bond acceptors (Lipinski definition) is 3. The third kappa shape index (κ3) is 3.28. The van der Waals surface area contributed by atoms with Gasteiger partial charge in [0, 0.05) is 30.7 Å². The first kappa shape index (κ1) is 13.0. The van der Waals surface area contributed by atoms with Crippen molar-refractivity contribution in [3.63, 3.8) is 0 Å². The predicted octanol–water partition coefficient (Wildman–Crippen LogP) is 2.19. The molecule has 2 rings (SSSR count). The van der Waals surface area contributed by atoms with Crippen LogP contribution in [0.25, 0.3) is 10.9 Å². The molecule has 0 saturated heterocycles. The Labute approximate surface area is 109 Å². The molecule has 0 unspecified atom stereocenters. The summed E-state index contributed by atoms with van der Waals surface area (Å²) in [7, 11) is 4.13. The summed E-state index contributed by atoms with van der Waals surface area (Å²) in [5.41, 5.74) is 3.49. The maximum Gasteiger partial charge on any atom is 0.0705 e. The number of aryl methyl sites for hydroxylation is 1. The molecule has 2 aromatic rings. The largest absolute Gasteiger partial charge is 0.318 e. The van der Waals surface area contributed by atoms with E-state index in [1.165, 1.54) is 10.9 Å². The van der Waals surface area contributed by atoms with Crippen LogP contribution in [-0.2, 0) is 6.54 Å². The first-order valence-corrected chi connectivity index (χ1v) is 6.38. The molecule has 18 heavy (non-hydrogen) atoms. The zero-order valence-corrected chi connectivity index (χ0v) is 11.4. The van der Waals surface area contributed by atoms with E-state index in [9.17, 15) is 0 Å². The quantitative estimate of drug-likeness (QED) is 0.872. The lowest BCUT2D eigenvalue weighted by atomic mass is 10.1. The molecular formula is C15H21N3. The number of pyridine rings is 1. The zero-order chi connectivity index (χ0) is 13.0. The predicted molar refractivity (Wildman–Crippen MR) is 76.7 cm³/mol. The van der Waals surface area contributed by atoms with E-state index in [0.717, 1.165) is 30.8 Å². The van der Waals surface area contributed by atoms with Crippen molar-refractivity contribution < 1.29 is 0 Å². The van der Waals surface area contributed by atoms with Crippen molar-refractivity contribution in [2.45, 2.75) is 13.5 Å². The van der Waals surface area contributed by atoms with E-state index in [1.807, 2.05) is 14.0 Å². The summed E-state index contributed by atoms with van der Waals surface area (Å²) in [6.45, 7) is 5.08. The van der Waals surface area contributed by atoms with Crippen molar-refractivity contribution in [3.8, 4) is 0 Å². The molecule has 0 amide bonds. The maximum atomic E-state index is 4.52. The summed E-state index contributed by atoms with van der Waals surface area (Å²) >= 11 is 0. The minimum absolute atomic E-state index is 0.978. The topological polar surface area (TPSA) is 28.2 Å². The van der Waals surface area contributed by atoms with Crippen LogP contribution in [0.1, 0.15) is 11.3 Å². The number of fused-ring (bicyclic) bond motifs is 1. The second kappa shape index (κ2) is 5.94. The van der Waals surface area contributed by atoms with Gasteiger partial charge in [0.05, 0.1) is 5.52 Å². The van der Waals surface area contributed by atoms with Crippen LogP contribution < -0.4 is 5.32 Å². The Bertz CT molecular complexity index is 522. The van der Waals surface area contributed by atoms with E-state index < -0.39 is 0 Å². The molecule has 0 aliphatic heterocycles. The van der Waals surface area contributed by atoms with Crippen molar-refractivity contribution in [3.05, 3.63) is 41.6 Å². The molecule has 1 aromatic heterocycles. The van der Waals surface area contributed by atoms with Gasteiger partial charge in [-0.3, -0.25) is 4.98 Å². The highest BCUT2D eigenvalue weighted by Gasteiger charge is 2.02. The van der Waals surface area contributed by atoms with Crippen molar-refractivity contribution in [2.24, 2.45) is 0 Å². The fourth-order valence-corrected chi connectivity index (χ4v) is 2.07. The van der Waals surface area contributed by atoms with Gasteiger partial charge in [-0.15, -0.1) is 0 Å². The maximum absolute atomic E-state index is 4.52. The van der Waals surface area contributed by atoms with Gasteiger partial charge in [0.2, 0.25) is 0 Å². The van der Waals surface area contributed by atoms with Gasteiger partial charge in [0.15, 0.2) is 0 Å². The summed E-state index contributed by atoms with van der Waals surface area (Å²) in [6, 6.07) is 10.7. The van der Waals surface area contributed by atoms with Crippen LogP contribution in [0, 0.1) is 6.92 Å². The molecule has 3 nitrogen and oxygen atoms in total. The lowest BCUT2D eigenvalue weighted by Crippen LogP contribution is -2.26. The second-order valence-corrected chi connectivity index (χ2v) is 4.82. The van der Waals surface area contributed by atoms with E-state index in [2.05, 4.69) is 52.6 Å². The van der Waals surface area contributed by atoms with Crippen LogP contribution in [0.15, 0.2) is 30.3 Å². The molecule has 0 spiro atoms. The molecule has 1 aromatic carbocycles. The summed E-state index contributed by atoms with van der Waals surface area (Å²) in [6.07, 6.45) is 0. The molecule has 0 bridgehead atoms. The smallest absolute Gasteiger partial charge is 0.0705 e. The third-order valence-electron chi connectivity index (χ3n) is 3.09. The molecule has 1 heterocycles. The van der Waals surface area contributed by atoms with Gasteiger partial charge < -0.3 is 10.2 Å². The van der Waals surface area contributed by atoms with Gasteiger partial charge >= 0.3 is 0 Å². The minimum atomic E-state index is 0.978. The monoisotopic (exact) mass is 243 g/mol. The highest BCUT2D eigenvalue weighted by molar-refractivity contribution is 5.79. The van der Waals surface area contributed by atoms with Crippen LogP contribution in [0.3, 0.4) is 0 Å². The normalized spacial score (nSPS) is 11.3. The number of likely N-dealkylation sites (N-methyl/N-ethyl adjacent to an activating group) is 2. The summed E-state index contributed by atoms with van der Waals surface area (Å²) in [5.74, 6) is 0. The molecular weight excluding hydrogens is 222 g/mol. The standard InChI is InChI=1S/C15H21N3/c1-12-4-6-14-10-13(5-7-15(14)17-12)11-18(3)9-8-16-2/h4-7,10,16H,8-9,11H2,1-3H3. The van der Waals surface area contributed by atoms with Crippen molar-refractivity contribution in [2.75, 3.05) is 27.2 Å². The molecule has 1 N–H and O–H groups in total. The van der Waals surface area contributed by atoms with Gasteiger partial charge in [-0.05, 0) is 44.8 Å². The van der Waals surface area contributed by atoms with Gasteiger partial charge in [-0.25, -0.2) is 0 Å². The van der Waals surface area contributed by atoms with Gasteiger partial charge in [0.1, 0.15) is 0 Å². The van der Waals surface area contributed by atoms with Crippen LogP contribution in [0.4, 0.5) is 0 Å². The first-order chi connectivity index (χ1) is 8.69. The Kier molecular flexibility index (Phi) is 4.28. The van der Waals surface area contributed by atoms with E-state index in [-0.39, 0.29) is 0 Å². The van der Waals surface area contributed by atoms with Gasteiger partial charge in [0.25, 0.3) is 0 Å². The number of rotatable bonds is 5. The summed E-state index contributed by atoms with van der Waals surface area (Å²) in [5, 5.41) is 4.39. The zero-order valence-electron chi connectivity index (χ0n) is 11.4. The van der Waals surface area contributed by atoms with Gasteiger partial charge in [-0.1, -0.05) is 12.1 Å². The highest BCUT2D eigenvalue weighted by Crippen LogP contribution is 2.15. The van der Waals surface area contributed by atoms with Gasteiger partial charge in [-0.2, -0.15) is 0 Å². The van der Waals surface area contributed by atoms with Crippen LogP contribution in [0.2, 0.25) is 0 Å². The summed E-state index contributed by atoms with van der Waals surface area (Å²) in [4.78, 5) is 6.84. The number of nitrogens with zero attached hydrogens (tertiary/aromatic N) is 2. The highest BCUT2D eigenvalue weighted by atomic mass is 15.1. The van der Waals surface area contributed by atoms with Crippen molar-refractivity contribution in [1.29, 1.82) is 0 Å². The number of aromatic nitrogens is 1. The minimum Gasteiger partial charge on any atom is -0.318 e. The number of benzene rings is 1. The molecule has 0 fully saturated rings. The van der Waals surface area contributed by atoms with Crippen molar-refractivity contribution >= 4 is 10.9 Å². The molecule has 0 radical (unpaired) electrons. The van der Waals surface area contributed by atoms with E-state index in [4.69, 9.17) is 0 Å². The fraction of sp³-hybridized carbons (Fsp3) is 0.400.